The fourth-order valence-electron chi connectivity index (χ4n) is 1.87. The molecule has 0 spiro atoms. The predicted octanol–water partition coefficient (Wildman–Crippen LogP) is -4.01. The van der Waals surface area contributed by atoms with E-state index in [1.807, 2.05) is 0 Å². The lowest BCUT2D eigenvalue weighted by Crippen LogP contribution is -2.73. The summed E-state index contributed by atoms with van der Waals surface area (Å²) in [5.74, 6) is -1.36. The zero-order chi connectivity index (χ0) is 17.4. The van der Waals surface area contributed by atoms with E-state index in [4.69, 9.17) is 5.73 Å². The summed E-state index contributed by atoms with van der Waals surface area (Å²) >= 11 is 0. The third kappa shape index (κ3) is 4.63. The zero-order valence-electron chi connectivity index (χ0n) is 13.7. The highest BCUT2D eigenvalue weighted by molar-refractivity contribution is 5.89. The van der Waals surface area contributed by atoms with E-state index >= 15 is 0 Å². The molecule has 0 aliphatic rings. The van der Waals surface area contributed by atoms with Gasteiger partial charge in [0.1, 0.15) is 0 Å². The number of hydrogen-bond donors (Lipinski definition) is 7. The first-order valence-electron chi connectivity index (χ1n) is 6.82. The molecule has 0 rings (SSSR count). The van der Waals surface area contributed by atoms with E-state index in [1.54, 1.807) is 28.2 Å². The Balaban J connectivity index is 5.04. The van der Waals surface area contributed by atoms with Crippen molar-refractivity contribution in [3.05, 3.63) is 0 Å². The first kappa shape index (κ1) is 20.2. The van der Waals surface area contributed by atoms with Crippen LogP contribution in [0.3, 0.4) is 0 Å². The van der Waals surface area contributed by atoms with Crippen LogP contribution in [0.5, 0.6) is 0 Å². The molecule has 128 valence electrons. The second kappa shape index (κ2) is 8.63. The van der Waals surface area contributed by atoms with Crippen LogP contribution in [-0.2, 0) is 14.4 Å². The molecule has 0 aromatic heterocycles. The summed E-state index contributed by atoms with van der Waals surface area (Å²) in [4.78, 5) is 35.1. The van der Waals surface area contributed by atoms with Crippen molar-refractivity contribution in [2.45, 2.75) is 18.2 Å². The Labute approximate surface area is 130 Å². The van der Waals surface area contributed by atoms with Gasteiger partial charge in [-0.3, -0.25) is 35.7 Å². The quantitative estimate of drug-likeness (QED) is 0.203. The van der Waals surface area contributed by atoms with Crippen molar-refractivity contribution in [1.29, 1.82) is 0 Å². The van der Waals surface area contributed by atoms with Crippen LogP contribution in [0.4, 0.5) is 0 Å². The number of nitrogens with two attached hydrogens (primary N) is 1. The highest BCUT2D eigenvalue weighted by Gasteiger charge is 2.39. The smallest absolute Gasteiger partial charge is 0.257 e. The van der Waals surface area contributed by atoms with Gasteiger partial charge in [0.15, 0.2) is 11.3 Å². The molecule has 0 saturated heterocycles. The van der Waals surface area contributed by atoms with Gasteiger partial charge in [-0.2, -0.15) is 0 Å². The molecule has 8 N–H and O–H groups in total. The Bertz CT molecular complexity index is 406. The molecule has 0 fully saturated rings. The monoisotopic (exact) mass is 317 g/mol. The van der Waals surface area contributed by atoms with Crippen LogP contribution in [0.15, 0.2) is 0 Å². The molecule has 0 aromatic rings. The van der Waals surface area contributed by atoms with Crippen LogP contribution in [0.1, 0.15) is 6.92 Å². The second-order valence-corrected chi connectivity index (χ2v) is 4.77. The first-order chi connectivity index (χ1) is 10.2. The summed E-state index contributed by atoms with van der Waals surface area (Å²) in [7, 11) is 6.26. The molecule has 10 nitrogen and oxygen atoms in total. The van der Waals surface area contributed by atoms with Crippen LogP contribution < -0.4 is 37.6 Å². The van der Waals surface area contributed by atoms with Crippen molar-refractivity contribution in [3.8, 4) is 0 Å². The number of primary amides is 1. The van der Waals surface area contributed by atoms with Gasteiger partial charge in [-0.1, -0.05) is 0 Å². The van der Waals surface area contributed by atoms with Crippen molar-refractivity contribution in [2.24, 2.45) is 5.73 Å². The van der Waals surface area contributed by atoms with Crippen molar-refractivity contribution in [2.75, 3.05) is 41.3 Å². The van der Waals surface area contributed by atoms with Gasteiger partial charge < -0.3 is 16.4 Å². The fourth-order valence-corrected chi connectivity index (χ4v) is 1.87. The molecule has 0 aromatic carbocycles. The van der Waals surface area contributed by atoms with Crippen LogP contribution >= 0.6 is 0 Å². The highest BCUT2D eigenvalue weighted by Crippen LogP contribution is 2.01. The maximum absolute atomic E-state index is 12.4. The molecule has 3 amide bonds. The van der Waals surface area contributed by atoms with Crippen LogP contribution in [0.2, 0.25) is 0 Å². The van der Waals surface area contributed by atoms with Gasteiger partial charge in [0.05, 0.1) is 13.1 Å². The van der Waals surface area contributed by atoms with Crippen molar-refractivity contribution in [3.63, 3.8) is 0 Å². The molecule has 0 saturated carbocycles. The Hall–Kier alpha value is -1.75. The lowest BCUT2D eigenvalue weighted by Gasteiger charge is -2.35. The molecule has 10 heteroatoms. The van der Waals surface area contributed by atoms with Gasteiger partial charge in [0.2, 0.25) is 5.91 Å². The lowest BCUT2D eigenvalue weighted by atomic mass is 10.1. The summed E-state index contributed by atoms with van der Waals surface area (Å²) in [6.07, 6.45) is 0. The molecule has 0 bridgehead atoms. The van der Waals surface area contributed by atoms with E-state index < -0.39 is 23.1 Å². The number of nitrogens with one attached hydrogen (secondary N) is 6. The Morgan fingerprint density at radius 1 is 0.818 bits per heavy atom. The van der Waals surface area contributed by atoms with Gasteiger partial charge in [0.25, 0.3) is 11.8 Å². The van der Waals surface area contributed by atoms with Gasteiger partial charge in [-0.05, 0) is 28.2 Å². The summed E-state index contributed by atoms with van der Waals surface area (Å²) in [6.45, 7) is 1.32. The average Bonchev–Trinajstić information content (AvgIpc) is 2.49. The van der Waals surface area contributed by atoms with Gasteiger partial charge in [0, 0.05) is 6.92 Å². The van der Waals surface area contributed by atoms with E-state index in [1.165, 1.54) is 6.92 Å². The predicted molar refractivity (Wildman–Crippen MR) is 82.6 cm³/mol. The molecule has 0 heterocycles. The Morgan fingerprint density at radius 3 is 1.55 bits per heavy atom. The molecule has 0 aliphatic heterocycles. The maximum atomic E-state index is 12.4. The molecule has 0 unspecified atom stereocenters. The summed E-state index contributed by atoms with van der Waals surface area (Å²) in [5.41, 5.74) is 2.87. The number of amides is 3. The average molecular weight is 317 g/mol. The summed E-state index contributed by atoms with van der Waals surface area (Å²) in [6, 6.07) is 0. The molecule has 0 radical (unpaired) electrons. The second-order valence-electron chi connectivity index (χ2n) is 4.77. The lowest BCUT2D eigenvalue weighted by molar-refractivity contribution is -0.130. The maximum Gasteiger partial charge on any atom is 0.257 e. The van der Waals surface area contributed by atoms with E-state index in [9.17, 15) is 14.4 Å². The largest absolute Gasteiger partial charge is 0.367 e. The van der Waals surface area contributed by atoms with Gasteiger partial charge >= 0.3 is 0 Å². The molecular formula is C12H27N7O3. The minimum Gasteiger partial charge on any atom is -0.367 e. The van der Waals surface area contributed by atoms with Crippen molar-refractivity contribution < 1.29 is 14.4 Å². The SMILES string of the molecule is CNC(CNC(=O)C(CNC(C)=O)(NC)NC)(NC)C(N)=O. The van der Waals surface area contributed by atoms with Gasteiger partial charge in [-0.25, -0.2) is 0 Å². The number of carbonyl (C=O) groups excluding carboxylic acids is 3. The van der Waals surface area contributed by atoms with Crippen LogP contribution in [0.25, 0.3) is 0 Å². The number of hydrogen-bond acceptors (Lipinski definition) is 7. The summed E-state index contributed by atoms with van der Waals surface area (Å²) in [5, 5.41) is 16.3. The molecular weight excluding hydrogens is 290 g/mol. The topological polar surface area (TPSA) is 149 Å². The highest BCUT2D eigenvalue weighted by atomic mass is 16.2. The Morgan fingerprint density at radius 2 is 1.23 bits per heavy atom. The van der Waals surface area contributed by atoms with Crippen LogP contribution in [-0.4, -0.2) is 70.3 Å². The Kier molecular flexibility index (Phi) is 7.95. The fraction of sp³-hybridized carbons (Fsp3) is 0.750. The third-order valence-corrected chi connectivity index (χ3v) is 3.63. The van der Waals surface area contributed by atoms with E-state index in [2.05, 4.69) is 31.9 Å². The van der Waals surface area contributed by atoms with Crippen molar-refractivity contribution in [1.82, 2.24) is 31.9 Å². The molecule has 0 aliphatic carbocycles. The van der Waals surface area contributed by atoms with E-state index in [0.717, 1.165) is 0 Å². The van der Waals surface area contributed by atoms with E-state index in [-0.39, 0.29) is 19.0 Å². The van der Waals surface area contributed by atoms with E-state index in [0.29, 0.717) is 0 Å². The third-order valence-electron chi connectivity index (χ3n) is 3.63. The first-order valence-corrected chi connectivity index (χ1v) is 6.82. The number of carbonyl (C=O) groups is 3. The number of likely N-dealkylation sites (N-methyl/N-ethyl adjacent to an activating group) is 4. The zero-order valence-corrected chi connectivity index (χ0v) is 13.7. The van der Waals surface area contributed by atoms with Crippen molar-refractivity contribution >= 4 is 17.7 Å². The standard InChI is InChI=1S/C12H27N7O3/c1-8(20)18-7-12(16-4,17-5)10(22)19-6-11(14-2,15-3)9(13)21/h14-17H,6-7H2,1-5H3,(H2,13,21)(H,18,20)(H,19,22). The minimum absolute atomic E-state index is 0.0316. The molecule has 22 heavy (non-hydrogen) atoms. The summed E-state index contributed by atoms with van der Waals surface area (Å²) < 4.78 is 0. The minimum atomic E-state index is -1.27. The number of rotatable bonds is 10. The van der Waals surface area contributed by atoms with Crippen LogP contribution in [0, 0.1) is 0 Å². The van der Waals surface area contributed by atoms with Gasteiger partial charge in [-0.15, -0.1) is 0 Å². The normalized spacial score (nSPS) is 11.9. The molecule has 0 atom stereocenters.